The molecule has 2 aliphatic rings. The number of urea groups is 1. The summed E-state index contributed by atoms with van der Waals surface area (Å²) in [5, 5.41) is 5.55. The van der Waals surface area contributed by atoms with Crippen LogP contribution in [0.15, 0.2) is 47.2 Å². The van der Waals surface area contributed by atoms with Crippen molar-refractivity contribution in [2.75, 3.05) is 0 Å². The van der Waals surface area contributed by atoms with Crippen molar-refractivity contribution in [1.82, 2.24) is 10.6 Å². The van der Waals surface area contributed by atoms with E-state index in [1.807, 2.05) is 45.0 Å². The molecule has 152 valence electrons. The number of esters is 1. The lowest BCUT2D eigenvalue weighted by molar-refractivity contribution is -0.150. The largest absolute Gasteiger partial charge is 0.456 e. The maximum atomic E-state index is 12.9. The Morgan fingerprint density at radius 1 is 1.17 bits per heavy atom. The van der Waals surface area contributed by atoms with Gasteiger partial charge in [0, 0.05) is 11.3 Å². The van der Waals surface area contributed by atoms with Crippen LogP contribution in [-0.2, 0) is 9.53 Å². The monoisotopic (exact) mass is 392 g/mol. The van der Waals surface area contributed by atoms with E-state index >= 15 is 0 Å². The van der Waals surface area contributed by atoms with Crippen molar-refractivity contribution < 1.29 is 14.3 Å². The molecule has 0 radical (unpaired) electrons. The first kappa shape index (κ1) is 20.7. The lowest BCUT2D eigenvalue weighted by Gasteiger charge is -2.30. The Morgan fingerprint density at radius 2 is 1.93 bits per heavy atom. The smallest absolute Gasteiger partial charge is 0.338 e. The fourth-order valence-electron chi connectivity index (χ4n) is 3.49. The molecule has 1 aromatic rings. The van der Waals surface area contributed by atoms with Crippen molar-refractivity contribution in [3.63, 3.8) is 0 Å². The van der Waals surface area contributed by atoms with E-state index < -0.39 is 17.6 Å². The predicted octanol–water partition coefficient (Wildman–Crippen LogP) is 4.51. The molecule has 0 fully saturated rings. The molecule has 0 saturated carbocycles. The molecular weight excluding hydrogens is 364 g/mol. The molecule has 1 heterocycles. The zero-order valence-electron chi connectivity index (χ0n) is 17.5. The molecule has 2 amide bonds. The highest BCUT2D eigenvalue weighted by molar-refractivity contribution is 5.95. The van der Waals surface area contributed by atoms with Crippen LogP contribution in [0, 0.1) is 11.8 Å². The number of rotatable bonds is 2. The standard InChI is InChI=1S/C24H28N2O3/c1-16-20(22(27)29-24(2,3)4)21(26-23(28)25-16)19-13-9-8-12-18(19)15-14-17-10-6-5-7-11-17/h8-10,12-13,21H,5-7,11H2,1-4H3,(H2,25,26,28). The van der Waals surface area contributed by atoms with Gasteiger partial charge < -0.3 is 15.4 Å². The molecule has 0 saturated heterocycles. The Kier molecular flexibility index (Phi) is 6.12. The van der Waals surface area contributed by atoms with Gasteiger partial charge in [-0.15, -0.1) is 0 Å². The summed E-state index contributed by atoms with van der Waals surface area (Å²) in [5.41, 5.74) is 2.98. The molecule has 1 unspecified atom stereocenters. The van der Waals surface area contributed by atoms with Crippen LogP contribution >= 0.6 is 0 Å². The summed E-state index contributed by atoms with van der Waals surface area (Å²) in [4.78, 5) is 25.1. The third-order valence-corrected chi connectivity index (χ3v) is 4.81. The second-order valence-electron chi connectivity index (χ2n) is 8.38. The molecule has 0 aromatic heterocycles. The molecule has 0 bridgehead atoms. The van der Waals surface area contributed by atoms with Crippen molar-refractivity contribution in [2.24, 2.45) is 0 Å². The summed E-state index contributed by atoms with van der Waals surface area (Å²) in [6, 6.07) is 6.64. The SMILES string of the molecule is CC1=C(C(=O)OC(C)(C)C)C(c2ccccc2C#CC2=CCCCC2)NC(=O)N1. The summed E-state index contributed by atoms with van der Waals surface area (Å²) >= 11 is 0. The molecule has 5 heteroatoms. The van der Waals surface area contributed by atoms with Gasteiger partial charge in [0.2, 0.25) is 0 Å². The van der Waals surface area contributed by atoms with Crippen LogP contribution in [0.4, 0.5) is 4.79 Å². The van der Waals surface area contributed by atoms with Gasteiger partial charge in [-0.2, -0.15) is 0 Å². The Bertz CT molecular complexity index is 939. The molecule has 5 nitrogen and oxygen atoms in total. The third kappa shape index (κ3) is 5.29. The van der Waals surface area contributed by atoms with Gasteiger partial charge in [-0.05, 0) is 70.6 Å². The maximum absolute atomic E-state index is 12.9. The van der Waals surface area contributed by atoms with Crippen molar-refractivity contribution in [2.45, 2.75) is 65.0 Å². The van der Waals surface area contributed by atoms with Crippen molar-refractivity contribution in [1.29, 1.82) is 0 Å². The lowest BCUT2D eigenvalue weighted by atomic mass is 9.91. The Hall–Kier alpha value is -3.00. The average Bonchev–Trinajstić information content (AvgIpc) is 2.65. The lowest BCUT2D eigenvalue weighted by Crippen LogP contribution is -2.46. The highest BCUT2D eigenvalue weighted by Gasteiger charge is 2.34. The molecule has 1 atom stereocenters. The highest BCUT2D eigenvalue weighted by Crippen LogP contribution is 2.31. The fourth-order valence-corrected chi connectivity index (χ4v) is 3.49. The number of hydrogen-bond donors (Lipinski definition) is 2. The predicted molar refractivity (Wildman–Crippen MR) is 113 cm³/mol. The van der Waals surface area contributed by atoms with Gasteiger partial charge in [-0.25, -0.2) is 9.59 Å². The normalized spacial score (nSPS) is 19.4. The summed E-state index contributed by atoms with van der Waals surface area (Å²) in [5.74, 6) is 6.07. The average molecular weight is 392 g/mol. The Balaban J connectivity index is 2.00. The van der Waals surface area contributed by atoms with Crippen molar-refractivity contribution >= 4 is 12.0 Å². The number of amides is 2. The van der Waals surface area contributed by atoms with Crippen LogP contribution < -0.4 is 10.6 Å². The van der Waals surface area contributed by atoms with E-state index in [0.717, 1.165) is 36.0 Å². The molecule has 2 N–H and O–H groups in total. The van der Waals surface area contributed by atoms with Crippen LogP contribution in [0.5, 0.6) is 0 Å². The number of hydrogen-bond acceptors (Lipinski definition) is 3. The Morgan fingerprint density at radius 3 is 2.62 bits per heavy atom. The number of benzene rings is 1. The van der Waals surface area contributed by atoms with Gasteiger partial charge in [-0.1, -0.05) is 36.1 Å². The van der Waals surface area contributed by atoms with Gasteiger partial charge in [0.25, 0.3) is 0 Å². The summed E-state index contributed by atoms with van der Waals surface area (Å²) in [7, 11) is 0. The number of allylic oxidation sites excluding steroid dienone is 3. The number of carbonyl (C=O) groups excluding carboxylic acids is 2. The van der Waals surface area contributed by atoms with Crippen LogP contribution in [-0.4, -0.2) is 17.6 Å². The van der Waals surface area contributed by atoms with Crippen molar-refractivity contribution in [3.05, 3.63) is 58.3 Å². The van der Waals surface area contributed by atoms with E-state index in [0.29, 0.717) is 11.3 Å². The van der Waals surface area contributed by atoms with E-state index in [9.17, 15) is 9.59 Å². The highest BCUT2D eigenvalue weighted by atomic mass is 16.6. The van der Waals surface area contributed by atoms with E-state index in [4.69, 9.17) is 4.74 Å². The van der Waals surface area contributed by atoms with E-state index in [2.05, 4.69) is 28.6 Å². The molecule has 0 spiro atoms. The number of nitrogens with one attached hydrogen (secondary N) is 2. The second kappa shape index (κ2) is 8.57. The minimum atomic E-state index is -0.636. The second-order valence-corrected chi connectivity index (χ2v) is 8.38. The van der Waals surface area contributed by atoms with Gasteiger partial charge >= 0.3 is 12.0 Å². The van der Waals surface area contributed by atoms with E-state index in [1.165, 1.54) is 6.42 Å². The quantitative estimate of drug-likeness (QED) is 0.575. The third-order valence-electron chi connectivity index (χ3n) is 4.81. The van der Waals surface area contributed by atoms with Gasteiger partial charge in [0.15, 0.2) is 0 Å². The van der Waals surface area contributed by atoms with E-state index in [1.54, 1.807) is 6.92 Å². The fraction of sp³-hybridized carbons (Fsp3) is 0.417. The summed E-state index contributed by atoms with van der Waals surface area (Å²) in [6.45, 7) is 7.18. The molecule has 29 heavy (non-hydrogen) atoms. The van der Waals surface area contributed by atoms with Crippen LogP contribution in [0.3, 0.4) is 0 Å². The molecule has 3 rings (SSSR count). The summed E-state index contributed by atoms with van der Waals surface area (Å²) in [6.07, 6.45) is 6.65. The summed E-state index contributed by atoms with van der Waals surface area (Å²) < 4.78 is 5.60. The van der Waals surface area contributed by atoms with Gasteiger partial charge in [-0.3, -0.25) is 0 Å². The van der Waals surface area contributed by atoms with Crippen LogP contribution in [0.1, 0.15) is 70.5 Å². The van der Waals surface area contributed by atoms with Gasteiger partial charge in [0.05, 0.1) is 11.6 Å². The van der Waals surface area contributed by atoms with Crippen LogP contribution in [0.2, 0.25) is 0 Å². The first-order valence-electron chi connectivity index (χ1n) is 10.1. The van der Waals surface area contributed by atoms with Crippen molar-refractivity contribution in [3.8, 4) is 11.8 Å². The molecule has 1 aliphatic carbocycles. The number of ether oxygens (including phenoxy) is 1. The minimum absolute atomic E-state index is 0.349. The van der Waals surface area contributed by atoms with Gasteiger partial charge in [0.1, 0.15) is 5.60 Å². The van der Waals surface area contributed by atoms with Crippen LogP contribution in [0.25, 0.3) is 0 Å². The zero-order chi connectivity index (χ0) is 21.0. The minimum Gasteiger partial charge on any atom is -0.456 e. The zero-order valence-corrected chi connectivity index (χ0v) is 17.5. The first-order valence-corrected chi connectivity index (χ1v) is 10.1. The molecule has 1 aromatic carbocycles. The Labute approximate surface area is 172 Å². The molecule has 1 aliphatic heterocycles. The number of carbonyl (C=O) groups is 2. The molecular formula is C24H28N2O3. The topological polar surface area (TPSA) is 67.4 Å². The van der Waals surface area contributed by atoms with E-state index in [-0.39, 0.29) is 6.03 Å². The first-order chi connectivity index (χ1) is 13.7. The maximum Gasteiger partial charge on any atom is 0.338 e.